The summed E-state index contributed by atoms with van der Waals surface area (Å²) in [6, 6.07) is 54.8. The average molecular weight is 564 g/mol. The van der Waals surface area contributed by atoms with E-state index in [-0.39, 0.29) is 0 Å². The van der Waals surface area contributed by atoms with E-state index in [9.17, 15) is 0 Å². The van der Waals surface area contributed by atoms with Crippen LogP contribution in [0.25, 0.3) is 86.1 Å². The summed E-state index contributed by atoms with van der Waals surface area (Å²) in [6.07, 6.45) is 0. The predicted molar refractivity (Wildman–Crippen MR) is 186 cm³/mol. The highest BCUT2D eigenvalue weighted by atomic mass is 32.1. The fourth-order valence-electron chi connectivity index (χ4n) is 6.63. The van der Waals surface area contributed by atoms with Crippen LogP contribution in [-0.4, -0.2) is 4.98 Å². The van der Waals surface area contributed by atoms with Crippen LogP contribution in [-0.2, 0) is 0 Å². The zero-order valence-electron chi connectivity index (χ0n) is 23.3. The molecule has 0 atom stereocenters. The lowest BCUT2D eigenvalue weighted by molar-refractivity contribution is 1.43. The van der Waals surface area contributed by atoms with Crippen molar-refractivity contribution in [1.29, 1.82) is 0 Å². The monoisotopic (exact) mass is 563 g/mol. The summed E-state index contributed by atoms with van der Waals surface area (Å²) in [7, 11) is 0. The smallest absolute Gasteiger partial charge is 0.125 e. The van der Waals surface area contributed by atoms with Gasteiger partial charge in [0.1, 0.15) is 4.83 Å². The van der Waals surface area contributed by atoms with Gasteiger partial charge in [0, 0.05) is 21.0 Å². The number of aromatic nitrogens is 1. The topological polar surface area (TPSA) is 12.9 Å². The quantitative estimate of drug-likeness (QED) is 0.195. The molecule has 0 aliphatic rings. The lowest BCUT2D eigenvalue weighted by atomic mass is 9.93. The van der Waals surface area contributed by atoms with Gasteiger partial charge in [-0.1, -0.05) is 127 Å². The zero-order chi connectivity index (χ0) is 28.3. The Morgan fingerprint density at radius 2 is 0.930 bits per heavy atom. The van der Waals surface area contributed by atoms with E-state index in [1.165, 1.54) is 70.0 Å². The second-order valence-corrected chi connectivity index (χ2v) is 12.1. The van der Waals surface area contributed by atoms with Crippen LogP contribution in [0.15, 0.2) is 152 Å². The van der Waals surface area contributed by atoms with E-state index in [4.69, 9.17) is 4.98 Å². The standard InChI is InChI=1S/C41H25NS/c1-2-10-26(11-3-1)27-12-8-13-28(24-27)30-18-9-19-36-37-22-23-39(42-41(37)43-40(30)36)29-20-21-35-33-16-5-4-14-31(33)32-15-6-7-17-34(32)38(35)25-29/h1-25H. The number of hydrogen-bond acceptors (Lipinski definition) is 2. The number of pyridine rings is 1. The summed E-state index contributed by atoms with van der Waals surface area (Å²) < 4.78 is 1.28. The second kappa shape index (κ2) is 9.62. The Morgan fingerprint density at radius 1 is 0.349 bits per heavy atom. The zero-order valence-corrected chi connectivity index (χ0v) is 24.1. The molecule has 0 aliphatic heterocycles. The molecule has 2 heteroatoms. The van der Waals surface area contributed by atoms with Crippen LogP contribution in [0.1, 0.15) is 0 Å². The number of rotatable bonds is 3. The third kappa shape index (κ3) is 3.88. The van der Waals surface area contributed by atoms with Crippen LogP contribution in [0.5, 0.6) is 0 Å². The lowest BCUT2D eigenvalue weighted by Crippen LogP contribution is -1.86. The number of thiophene rings is 1. The van der Waals surface area contributed by atoms with Gasteiger partial charge < -0.3 is 0 Å². The maximum Gasteiger partial charge on any atom is 0.125 e. The minimum atomic E-state index is 1.01. The van der Waals surface area contributed by atoms with Crippen LogP contribution in [0.4, 0.5) is 0 Å². The van der Waals surface area contributed by atoms with E-state index in [1.807, 2.05) is 0 Å². The molecule has 0 unspecified atom stereocenters. The first kappa shape index (κ1) is 24.3. The number of nitrogens with zero attached hydrogens (tertiary/aromatic N) is 1. The SMILES string of the molecule is c1ccc(-c2cccc(-c3cccc4c3sc3nc(-c5ccc6c7ccccc7c7ccccc7c6c5)ccc34)c2)cc1. The first-order valence-corrected chi connectivity index (χ1v) is 15.5. The van der Waals surface area contributed by atoms with Gasteiger partial charge in [0.25, 0.3) is 0 Å². The Bertz CT molecular complexity index is 2470. The van der Waals surface area contributed by atoms with E-state index in [2.05, 4.69) is 152 Å². The van der Waals surface area contributed by atoms with Gasteiger partial charge in [-0.3, -0.25) is 0 Å². The van der Waals surface area contributed by atoms with Crippen molar-refractivity contribution in [3.8, 4) is 33.5 Å². The van der Waals surface area contributed by atoms with Crippen LogP contribution < -0.4 is 0 Å². The molecule has 2 aromatic heterocycles. The van der Waals surface area contributed by atoms with Gasteiger partial charge in [0.15, 0.2) is 0 Å². The molecule has 0 aliphatic carbocycles. The van der Waals surface area contributed by atoms with Crippen LogP contribution in [0.3, 0.4) is 0 Å². The molecule has 0 N–H and O–H groups in total. The molecule has 9 rings (SSSR count). The first-order valence-electron chi connectivity index (χ1n) is 14.6. The molecule has 0 saturated heterocycles. The molecule has 0 spiro atoms. The Morgan fingerprint density at radius 3 is 1.70 bits per heavy atom. The summed E-state index contributed by atoms with van der Waals surface area (Å²) in [5, 5.41) is 10.2. The normalized spacial score (nSPS) is 11.7. The minimum absolute atomic E-state index is 1.01. The van der Waals surface area contributed by atoms with E-state index in [0.717, 1.165) is 16.1 Å². The number of fused-ring (bicyclic) bond motifs is 9. The molecule has 0 radical (unpaired) electrons. The molecule has 7 aromatic carbocycles. The largest absolute Gasteiger partial charge is 0.237 e. The van der Waals surface area contributed by atoms with Gasteiger partial charge in [0.05, 0.1) is 5.69 Å². The summed E-state index contributed by atoms with van der Waals surface area (Å²) >= 11 is 1.79. The highest BCUT2D eigenvalue weighted by Gasteiger charge is 2.14. The molecule has 0 amide bonds. The van der Waals surface area contributed by atoms with Crippen molar-refractivity contribution in [1.82, 2.24) is 4.98 Å². The fourth-order valence-corrected chi connectivity index (χ4v) is 7.84. The van der Waals surface area contributed by atoms with E-state index in [1.54, 1.807) is 11.3 Å². The van der Waals surface area contributed by atoms with Crippen molar-refractivity contribution in [2.24, 2.45) is 0 Å². The fraction of sp³-hybridized carbons (Fsp3) is 0. The van der Waals surface area contributed by atoms with E-state index in [0.29, 0.717) is 0 Å². The molecular formula is C41H25NS. The van der Waals surface area contributed by atoms with Crippen molar-refractivity contribution in [3.63, 3.8) is 0 Å². The maximum absolute atomic E-state index is 5.25. The van der Waals surface area contributed by atoms with Gasteiger partial charge >= 0.3 is 0 Å². The molecule has 0 fully saturated rings. The molecule has 2 heterocycles. The summed E-state index contributed by atoms with van der Waals surface area (Å²) in [6.45, 7) is 0. The summed E-state index contributed by atoms with van der Waals surface area (Å²) in [5.41, 5.74) is 7.09. The molecule has 1 nitrogen and oxygen atoms in total. The van der Waals surface area contributed by atoms with Gasteiger partial charge in [-0.15, -0.1) is 11.3 Å². The van der Waals surface area contributed by atoms with E-state index >= 15 is 0 Å². The Kier molecular flexibility index (Phi) is 5.44. The Balaban J connectivity index is 1.20. The maximum atomic E-state index is 5.25. The predicted octanol–water partition coefficient (Wildman–Crippen LogP) is 11.9. The van der Waals surface area contributed by atoms with E-state index < -0.39 is 0 Å². The number of benzene rings is 7. The second-order valence-electron chi connectivity index (χ2n) is 11.1. The highest BCUT2D eigenvalue weighted by Crippen LogP contribution is 2.42. The van der Waals surface area contributed by atoms with Crippen LogP contribution in [0.2, 0.25) is 0 Å². The van der Waals surface area contributed by atoms with Crippen LogP contribution >= 0.6 is 11.3 Å². The van der Waals surface area contributed by atoms with Crippen molar-refractivity contribution in [2.75, 3.05) is 0 Å². The third-order valence-corrected chi connectivity index (χ3v) is 9.83. The molecule has 9 aromatic rings. The van der Waals surface area contributed by atoms with Gasteiger partial charge in [0.2, 0.25) is 0 Å². The summed E-state index contributed by atoms with van der Waals surface area (Å²) in [5.74, 6) is 0. The molecule has 0 bridgehead atoms. The molecule has 0 saturated carbocycles. The van der Waals surface area contributed by atoms with Crippen molar-refractivity contribution in [3.05, 3.63) is 152 Å². The third-order valence-electron chi connectivity index (χ3n) is 8.68. The van der Waals surface area contributed by atoms with Gasteiger partial charge in [-0.05, 0) is 78.8 Å². The minimum Gasteiger partial charge on any atom is -0.237 e. The average Bonchev–Trinajstić information content (AvgIpc) is 3.47. The number of hydrogen-bond donors (Lipinski definition) is 0. The van der Waals surface area contributed by atoms with Crippen molar-refractivity contribution in [2.45, 2.75) is 0 Å². The van der Waals surface area contributed by atoms with Gasteiger partial charge in [-0.2, -0.15) is 0 Å². The van der Waals surface area contributed by atoms with Crippen molar-refractivity contribution < 1.29 is 0 Å². The van der Waals surface area contributed by atoms with Crippen LogP contribution in [0, 0.1) is 0 Å². The first-order chi connectivity index (χ1) is 21.3. The molecular weight excluding hydrogens is 539 g/mol. The molecule has 200 valence electrons. The highest BCUT2D eigenvalue weighted by molar-refractivity contribution is 7.26. The Labute approximate surface area is 253 Å². The molecule has 43 heavy (non-hydrogen) atoms. The Hall–Kier alpha value is -5.31. The summed E-state index contributed by atoms with van der Waals surface area (Å²) in [4.78, 5) is 6.32. The van der Waals surface area contributed by atoms with Gasteiger partial charge in [-0.25, -0.2) is 4.98 Å². The van der Waals surface area contributed by atoms with Crippen molar-refractivity contribution >= 4 is 64.0 Å². The lowest BCUT2D eigenvalue weighted by Gasteiger charge is -2.11.